The molecule has 0 N–H and O–H groups in total. The molecule has 0 saturated heterocycles. The lowest BCUT2D eigenvalue weighted by Crippen LogP contribution is -2.35. The lowest BCUT2D eigenvalue weighted by molar-refractivity contribution is 0.0716. The molecule has 3 aromatic rings. The molecule has 5 heteroatoms. The number of carbonyl (C=O) groups is 1. The lowest BCUT2D eigenvalue weighted by atomic mass is 9.86. The second-order valence-electron chi connectivity index (χ2n) is 9.25. The molecule has 1 atom stereocenters. The van der Waals surface area contributed by atoms with Crippen LogP contribution in [0, 0.1) is 0 Å². The summed E-state index contributed by atoms with van der Waals surface area (Å²) in [5, 5.41) is 0.509. The molecule has 2 aromatic carbocycles. The van der Waals surface area contributed by atoms with Gasteiger partial charge in [0.25, 0.3) is 5.91 Å². The maximum atomic E-state index is 13.4. The Hall–Kier alpha value is -2.92. The van der Waals surface area contributed by atoms with Gasteiger partial charge in [-0.2, -0.15) is 0 Å². The molecule has 0 aliphatic carbocycles. The number of hydrogen-bond acceptors (Lipinski definition) is 4. The van der Waals surface area contributed by atoms with Crippen LogP contribution in [0.4, 0.5) is 0 Å². The standard InChI is InChI=1S/C25H28N2O3/c1-25(2,3)17-12-10-16(11-13-17)21-20-22(28)18-8-6-7-9-19(18)30-23(20)24(29)27(21)15-14-26(4)5/h6-13,21H,14-15H2,1-5H3/t21-/m1/s1. The van der Waals surface area contributed by atoms with Gasteiger partial charge in [-0.1, -0.05) is 57.2 Å². The average molecular weight is 405 g/mol. The highest BCUT2D eigenvalue weighted by atomic mass is 16.3. The van der Waals surface area contributed by atoms with Gasteiger partial charge in [0.15, 0.2) is 5.43 Å². The van der Waals surface area contributed by atoms with Crippen molar-refractivity contribution in [1.29, 1.82) is 0 Å². The largest absolute Gasteiger partial charge is 0.450 e. The Balaban J connectivity index is 1.89. The zero-order valence-electron chi connectivity index (χ0n) is 18.2. The van der Waals surface area contributed by atoms with E-state index in [1.54, 1.807) is 17.0 Å². The zero-order chi connectivity index (χ0) is 21.6. The number of carbonyl (C=O) groups excluding carboxylic acids is 1. The van der Waals surface area contributed by atoms with Gasteiger partial charge in [-0.25, -0.2) is 0 Å². The van der Waals surface area contributed by atoms with E-state index < -0.39 is 6.04 Å². The first-order valence-corrected chi connectivity index (χ1v) is 10.3. The van der Waals surface area contributed by atoms with Crippen LogP contribution in [0.25, 0.3) is 11.0 Å². The van der Waals surface area contributed by atoms with Crippen molar-refractivity contribution in [3.63, 3.8) is 0 Å². The lowest BCUT2D eigenvalue weighted by Gasteiger charge is -2.27. The fourth-order valence-corrected chi connectivity index (χ4v) is 4.02. The molecule has 0 spiro atoms. The van der Waals surface area contributed by atoms with Gasteiger partial charge in [-0.3, -0.25) is 9.59 Å². The van der Waals surface area contributed by atoms with Crippen molar-refractivity contribution in [3.05, 3.63) is 81.2 Å². The van der Waals surface area contributed by atoms with E-state index in [9.17, 15) is 9.59 Å². The van der Waals surface area contributed by atoms with Gasteiger partial charge >= 0.3 is 0 Å². The second kappa shape index (κ2) is 7.40. The van der Waals surface area contributed by atoms with Gasteiger partial charge in [0, 0.05) is 13.1 Å². The molecule has 1 aromatic heterocycles. The predicted octanol–water partition coefficient (Wildman–Crippen LogP) is 4.20. The van der Waals surface area contributed by atoms with Gasteiger partial charge in [-0.05, 0) is 42.8 Å². The second-order valence-corrected chi connectivity index (χ2v) is 9.25. The third kappa shape index (κ3) is 3.43. The quantitative estimate of drug-likeness (QED) is 0.654. The Morgan fingerprint density at radius 2 is 1.67 bits per heavy atom. The molecule has 30 heavy (non-hydrogen) atoms. The Bertz CT molecular complexity index is 1150. The summed E-state index contributed by atoms with van der Waals surface area (Å²) in [7, 11) is 3.94. The van der Waals surface area contributed by atoms with Crippen LogP contribution in [-0.2, 0) is 5.41 Å². The van der Waals surface area contributed by atoms with Crippen molar-refractivity contribution in [3.8, 4) is 0 Å². The van der Waals surface area contributed by atoms with Crippen LogP contribution in [0.2, 0.25) is 0 Å². The molecule has 0 unspecified atom stereocenters. The summed E-state index contributed by atoms with van der Waals surface area (Å²) >= 11 is 0. The molecule has 0 radical (unpaired) electrons. The molecule has 1 aliphatic heterocycles. The maximum absolute atomic E-state index is 13.4. The minimum atomic E-state index is -0.442. The van der Waals surface area contributed by atoms with Gasteiger partial charge in [-0.15, -0.1) is 0 Å². The molecule has 2 heterocycles. The van der Waals surface area contributed by atoms with E-state index in [1.165, 1.54) is 5.56 Å². The van der Waals surface area contributed by atoms with E-state index in [0.29, 0.717) is 29.6 Å². The first-order valence-electron chi connectivity index (χ1n) is 10.3. The minimum absolute atomic E-state index is 0.0295. The van der Waals surface area contributed by atoms with Crippen molar-refractivity contribution < 1.29 is 9.21 Å². The van der Waals surface area contributed by atoms with Crippen molar-refractivity contribution in [2.24, 2.45) is 0 Å². The molecule has 4 rings (SSSR count). The van der Waals surface area contributed by atoms with E-state index >= 15 is 0 Å². The molecule has 0 bridgehead atoms. The molecular weight excluding hydrogens is 376 g/mol. The summed E-state index contributed by atoms with van der Waals surface area (Å²) in [6.45, 7) is 7.71. The van der Waals surface area contributed by atoms with E-state index in [2.05, 4.69) is 32.9 Å². The smallest absolute Gasteiger partial charge is 0.290 e. The number of amides is 1. The van der Waals surface area contributed by atoms with Crippen LogP contribution in [0.15, 0.2) is 57.7 Å². The average Bonchev–Trinajstić information content (AvgIpc) is 2.98. The third-order valence-electron chi connectivity index (χ3n) is 5.75. The van der Waals surface area contributed by atoms with Crippen molar-refractivity contribution >= 4 is 16.9 Å². The first kappa shape index (κ1) is 20.4. The van der Waals surface area contributed by atoms with Crippen LogP contribution in [-0.4, -0.2) is 42.9 Å². The van der Waals surface area contributed by atoms with E-state index in [0.717, 1.165) is 5.56 Å². The van der Waals surface area contributed by atoms with E-state index in [-0.39, 0.29) is 22.5 Å². The molecule has 1 amide bonds. The normalized spacial score (nSPS) is 16.5. The Morgan fingerprint density at radius 3 is 2.30 bits per heavy atom. The first-order chi connectivity index (χ1) is 14.2. The summed E-state index contributed by atoms with van der Waals surface area (Å²) in [6, 6.07) is 14.9. The molecule has 0 saturated carbocycles. The third-order valence-corrected chi connectivity index (χ3v) is 5.75. The molecule has 1 aliphatic rings. The SMILES string of the molecule is CN(C)CCN1C(=O)c2oc3ccccc3c(=O)c2[C@H]1c1ccc(C(C)(C)C)cc1. The molecule has 0 fully saturated rings. The van der Waals surface area contributed by atoms with Gasteiger partial charge < -0.3 is 14.2 Å². The monoisotopic (exact) mass is 404 g/mol. The Morgan fingerprint density at radius 1 is 1.00 bits per heavy atom. The van der Waals surface area contributed by atoms with Gasteiger partial charge in [0.1, 0.15) is 5.58 Å². The summed E-state index contributed by atoms with van der Waals surface area (Å²) in [5.74, 6) is -0.0537. The maximum Gasteiger partial charge on any atom is 0.290 e. The van der Waals surface area contributed by atoms with Crippen LogP contribution < -0.4 is 5.43 Å². The highest BCUT2D eigenvalue weighted by Gasteiger charge is 2.42. The Kier molecular flexibility index (Phi) is 5.02. The van der Waals surface area contributed by atoms with Crippen molar-refractivity contribution in [1.82, 2.24) is 9.80 Å². The van der Waals surface area contributed by atoms with E-state index in [4.69, 9.17) is 4.42 Å². The molecular formula is C25H28N2O3. The molecule has 5 nitrogen and oxygen atoms in total. The van der Waals surface area contributed by atoms with Crippen molar-refractivity contribution in [2.45, 2.75) is 32.2 Å². The number of likely N-dealkylation sites (N-methyl/N-ethyl adjacent to an activating group) is 1. The topological polar surface area (TPSA) is 53.8 Å². The van der Waals surface area contributed by atoms with Gasteiger partial charge in [0.05, 0.1) is 17.0 Å². The van der Waals surface area contributed by atoms with Crippen LogP contribution in [0.5, 0.6) is 0 Å². The number of benzene rings is 2. The van der Waals surface area contributed by atoms with E-state index in [1.807, 2.05) is 43.3 Å². The number of hydrogen-bond donors (Lipinski definition) is 0. The summed E-state index contributed by atoms with van der Waals surface area (Å²) in [4.78, 5) is 30.5. The highest BCUT2D eigenvalue weighted by Crippen LogP contribution is 2.38. The zero-order valence-corrected chi connectivity index (χ0v) is 18.2. The summed E-state index contributed by atoms with van der Waals surface area (Å²) in [6.07, 6.45) is 0. The van der Waals surface area contributed by atoms with Crippen LogP contribution in [0.1, 0.15) is 54.1 Å². The number of rotatable bonds is 4. The summed E-state index contributed by atoms with van der Waals surface area (Å²) in [5.41, 5.74) is 2.93. The van der Waals surface area contributed by atoms with Crippen molar-refractivity contribution in [2.75, 3.05) is 27.2 Å². The number of para-hydroxylation sites is 1. The molecule has 156 valence electrons. The highest BCUT2D eigenvalue weighted by molar-refractivity contribution is 5.99. The van der Waals surface area contributed by atoms with Crippen LogP contribution in [0.3, 0.4) is 0 Å². The fourth-order valence-electron chi connectivity index (χ4n) is 4.02. The Labute approximate surface area is 176 Å². The predicted molar refractivity (Wildman–Crippen MR) is 119 cm³/mol. The number of nitrogens with zero attached hydrogens (tertiary/aromatic N) is 2. The van der Waals surface area contributed by atoms with Gasteiger partial charge in [0.2, 0.25) is 5.76 Å². The number of fused-ring (bicyclic) bond motifs is 2. The minimum Gasteiger partial charge on any atom is -0.450 e. The van der Waals surface area contributed by atoms with Crippen LogP contribution >= 0.6 is 0 Å². The summed E-state index contributed by atoms with van der Waals surface area (Å²) < 4.78 is 5.96. The fraction of sp³-hybridized carbons (Fsp3) is 0.360.